The van der Waals surface area contributed by atoms with E-state index in [0.29, 0.717) is 19.4 Å². The van der Waals surface area contributed by atoms with E-state index in [2.05, 4.69) is 39.2 Å². The molecule has 6 nitrogen and oxygen atoms in total. The second-order valence-electron chi connectivity index (χ2n) is 7.69. The second-order valence-corrected chi connectivity index (χ2v) is 9.46. The SMILES string of the molecule is O=C1CCCc2cc(S(=O)(=O)NCCCN3CCCc4ccccc43)ccc2N1. The summed E-state index contributed by atoms with van der Waals surface area (Å²) in [5, 5.41) is 2.84. The van der Waals surface area contributed by atoms with Gasteiger partial charge in [0, 0.05) is 37.4 Å². The normalized spacial score (nSPS) is 16.6. The molecule has 0 radical (unpaired) electrons. The number of hydrogen-bond donors (Lipinski definition) is 2. The molecule has 0 saturated heterocycles. The first-order valence-electron chi connectivity index (χ1n) is 10.3. The molecule has 154 valence electrons. The van der Waals surface area contributed by atoms with Crippen molar-refractivity contribution in [1.29, 1.82) is 0 Å². The Morgan fingerprint density at radius 1 is 1.00 bits per heavy atom. The predicted molar refractivity (Wildman–Crippen MR) is 115 cm³/mol. The highest BCUT2D eigenvalue weighted by molar-refractivity contribution is 7.89. The summed E-state index contributed by atoms with van der Waals surface area (Å²) in [7, 11) is -3.56. The number of sulfonamides is 1. The van der Waals surface area contributed by atoms with E-state index < -0.39 is 10.0 Å². The van der Waals surface area contributed by atoms with Gasteiger partial charge >= 0.3 is 0 Å². The Bertz CT molecular complexity index is 1000. The summed E-state index contributed by atoms with van der Waals surface area (Å²) in [5.41, 5.74) is 4.24. The fraction of sp³-hybridized carbons (Fsp3) is 0.409. The largest absolute Gasteiger partial charge is 0.371 e. The van der Waals surface area contributed by atoms with Gasteiger partial charge in [0.25, 0.3) is 0 Å². The van der Waals surface area contributed by atoms with Gasteiger partial charge < -0.3 is 10.2 Å². The van der Waals surface area contributed by atoms with E-state index in [1.165, 1.54) is 11.3 Å². The van der Waals surface area contributed by atoms with Crippen molar-refractivity contribution < 1.29 is 13.2 Å². The maximum atomic E-state index is 12.7. The van der Waals surface area contributed by atoms with Gasteiger partial charge in [-0.25, -0.2) is 13.1 Å². The molecule has 0 spiro atoms. The molecule has 0 saturated carbocycles. The molecule has 2 aliphatic heterocycles. The van der Waals surface area contributed by atoms with Gasteiger partial charge in [-0.2, -0.15) is 0 Å². The Hall–Kier alpha value is -2.38. The lowest BCUT2D eigenvalue weighted by atomic mass is 10.0. The Labute approximate surface area is 172 Å². The summed E-state index contributed by atoms with van der Waals surface area (Å²) in [6.07, 6.45) is 4.88. The van der Waals surface area contributed by atoms with Crippen molar-refractivity contribution in [2.24, 2.45) is 0 Å². The lowest BCUT2D eigenvalue weighted by Crippen LogP contribution is -2.33. The quantitative estimate of drug-likeness (QED) is 0.714. The van der Waals surface area contributed by atoms with Crippen molar-refractivity contribution in [3.63, 3.8) is 0 Å². The van der Waals surface area contributed by atoms with Crippen molar-refractivity contribution in [3.05, 3.63) is 53.6 Å². The minimum atomic E-state index is -3.56. The molecule has 0 aliphatic carbocycles. The Morgan fingerprint density at radius 3 is 2.72 bits per heavy atom. The Kier molecular flexibility index (Phi) is 5.87. The van der Waals surface area contributed by atoms with Gasteiger partial charge in [0.2, 0.25) is 15.9 Å². The number of para-hydroxylation sites is 1. The summed E-state index contributed by atoms with van der Waals surface area (Å²) in [6, 6.07) is 13.4. The van der Waals surface area contributed by atoms with Gasteiger partial charge in [0.15, 0.2) is 0 Å². The molecule has 2 aromatic carbocycles. The molecule has 2 aliphatic rings. The van der Waals surface area contributed by atoms with E-state index in [1.807, 2.05) is 0 Å². The minimum absolute atomic E-state index is 0.0169. The molecular weight excluding hydrogens is 386 g/mol. The fourth-order valence-corrected chi connectivity index (χ4v) is 5.25. The van der Waals surface area contributed by atoms with Crippen LogP contribution in [0.4, 0.5) is 11.4 Å². The molecule has 29 heavy (non-hydrogen) atoms. The molecule has 2 aromatic rings. The molecule has 0 atom stereocenters. The van der Waals surface area contributed by atoms with E-state index in [4.69, 9.17) is 0 Å². The van der Waals surface area contributed by atoms with Crippen LogP contribution in [0.15, 0.2) is 47.4 Å². The topological polar surface area (TPSA) is 78.5 Å². The van der Waals surface area contributed by atoms with Crippen LogP contribution in [0.1, 0.15) is 36.8 Å². The molecule has 0 bridgehead atoms. The van der Waals surface area contributed by atoms with Gasteiger partial charge in [-0.15, -0.1) is 0 Å². The molecule has 2 N–H and O–H groups in total. The average molecular weight is 414 g/mol. The van der Waals surface area contributed by atoms with Crippen molar-refractivity contribution >= 4 is 27.3 Å². The molecule has 0 fully saturated rings. The maximum absolute atomic E-state index is 12.7. The molecule has 0 aromatic heterocycles. The third-order valence-corrected chi connectivity index (χ3v) is 7.07. The molecule has 7 heteroatoms. The Balaban J connectivity index is 1.35. The fourth-order valence-electron chi connectivity index (χ4n) is 4.12. The lowest BCUT2D eigenvalue weighted by Gasteiger charge is -2.31. The highest BCUT2D eigenvalue weighted by atomic mass is 32.2. The van der Waals surface area contributed by atoms with E-state index in [-0.39, 0.29) is 10.8 Å². The maximum Gasteiger partial charge on any atom is 0.240 e. The third-order valence-electron chi connectivity index (χ3n) is 5.61. The highest BCUT2D eigenvalue weighted by Crippen LogP contribution is 2.27. The van der Waals surface area contributed by atoms with E-state index in [0.717, 1.165) is 50.0 Å². The van der Waals surface area contributed by atoms with E-state index in [9.17, 15) is 13.2 Å². The number of benzene rings is 2. The van der Waals surface area contributed by atoms with Crippen LogP contribution in [-0.4, -0.2) is 34.0 Å². The van der Waals surface area contributed by atoms with Crippen LogP contribution in [0.3, 0.4) is 0 Å². The standard InChI is InChI=1S/C22H27N3O3S/c26-22-10-3-7-18-16-19(11-12-20(18)24-22)29(27,28)23-13-5-15-25-14-4-8-17-6-1-2-9-21(17)25/h1-2,6,9,11-12,16,23H,3-5,7-8,10,13-15H2,(H,24,26). The molecule has 4 rings (SSSR count). The van der Waals surface area contributed by atoms with Crippen LogP contribution < -0.4 is 14.9 Å². The van der Waals surface area contributed by atoms with E-state index >= 15 is 0 Å². The molecule has 1 amide bonds. The smallest absolute Gasteiger partial charge is 0.240 e. The number of anilines is 2. The van der Waals surface area contributed by atoms with Crippen molar-refractivity contribution in [3.8, 4) is 0 Å². The first-order chi connectivity index (χ1) is 14.0. The van der Waals surface area contributed by atoms with Crippen LogP contribution in [0, 0.1) is 0 Å². The van der Waals surface area contributed by atoms with Crippen molar-refractivity contribution in [2.45, 2.75) is 43.4 Å². The first kappa shape index (κ1) is 19.9. The van der Waals surface area contributed by atoms with Crippen LogP contribution >= 0.6 is 0 Å². The van der Waals surface area contributed by atoms with Crippen LogP contribution in [-0.2, 0) is 27.7 Å². The summed E-state index contributed by atoms with van der Waals surface area (Å²) >= 11 is 0. The summed E-state index contributed by atoms with van der Waals surface area (Å²) in [5.74, 6) is -0.0169. The number of nitrogens with zero attached hydrogens (tertiary/aromatic N) is 1. The number of fused-ring (bicyclic) bond motifs is 2. The van der Waals surface area contributed by atoms with Gasteiger partial charge in [-0.3, -0.25) is 4.79 Å². The van der Waals surface area contributed by atoms with Gasteiger partial charge in [0.05, 0.1) is 4.90 Å². The average Bonchev–Trinajstić information content (AvgIpc) is 2.91. The van der Waals surface area contributed by atoms with Crippen LogP contribution in [0.2, 0.25) is 0 Å². The predicted octanol–water partition coefficient (Wildman–Crippen LogP) is 3.08. The van der Waals surface area contributed by atoms with Gasteiger partial charge in [-0.1, -0.05) is 18.2 Å². The summed E-state index contributed by atoms with van der Waals surface area (Å²) in [4.78, 5) is 14.3. The zero-order valence-corrected chi connectivity index (χ0v) is 17.3. The Morgan fingerprint density at radius 2 is 1.83 bits per heavy atom. The number of aryl methyl sites for hydroxylation is 2. The molecule has 0 unspecified atom stereocenters. The zero-order valence-electron chi connectivity index (χ0n) is 16.5. The second kappa shape index (κ2) is 8.55. The van der Waals surface area contributed by atoms with Gasteiger partial charge in [0.1, 0.15) is 0 Å². The zero-order chi connectivity index (χ0) is 20.3. The number of carbonyl (C=O) groups is 1. The van der Waals surface area contributed by atoms with E-state index in [1.54, 1.807) is 18.2 Å². The van der Waals surface area contributed by atoms with Crippen molar-refractivity contribution in [1.82, 2.24) is 4.72 Å². The van der Waals surface area contributed by atoms with Crippen molar-refractivity contribution in [2.75, 3.05) is 29.9 Å². The summed E-state index contributed by atoms with van der Waals surface area (Å²) < 4.78 is 28.1. The molecular formula is C22H27N3O3S. The number of amides is 1. The van der Waals surface area contributed by atoms with Crippen LogP contribution in [0.25, 0.3) is 0 Å². The minimum Gasteiger partial charge on any atom is -0.371 e. The monoisotopic (exact) mass is 413 g/mol. The summed E-state index contributed by atoms with van der Waals surface area (Å²) in [6.45, 7) is 2.24. The van der Waals surface area contributed by atoms with Gasteiger partial charge in [-0.05, 0) is 67.5 Å². The third kappa shape index (κ3) is 4.62. The first-order valence-corrected chi connectivity index (χ1v) is 11.8. The molecule has 2 heterocycles. The number of rotatable bonds is 6. The number of nitrogens with one attached hydrogen (secondary N) is 2. The number of carbonyl (C=O) groups excluding carboxylic acids is 1. The van der Waals surface area contributed by atoms with Crippen LogP contribution in [0.5, 0.6) is 0 Å². The highest BCUT2D eigenvalue weighted by Gasteiger charge is 2.19. The lowest BCUT2D eigenvalue weighted by molar-refractivity contribution is -0.116. The number of hydrogen-bond acceptors (Lipinski definition) is 4.